The molecule has 2 heterocycles. The SMILES string of the molecule is O=C1CCN(S(=O)(=O)c2ccccc2)CCCC(C(=O)NCCc2c[nH]c3ccccc23)CCN1. The van der Waals surface area contributed by atoms with Gasteiger partial charge in [0.25, 0.3) is 0 Å². The molecule has 9 heteroatoms. The quantitative estimate of drug-likeness (QED) is 0.487. The van der Waals surface area contributed by atoms with Crippen LogP contribution in [0.2, 0.25) is 0 Å². The Morgan fingerprint density at radius 2 is 1.80 bits per heavy atom. The minimum atomic E-state index is -3.71. The van der Waals surface area contributed by atoms with Crippen molar-refractivity contribution >= 4 is 32.7 Å². The average Bonchev–Trinajstić information content (AvgIpc) is 3.26. The number of rotatable bonds is 6. The fourth-order valence-corrected chi connectivity index (χ4v) is 6.02. The molecule has 4 rings (SSSR count). The van der Waals surface area contributed by atoms with Crippen LogP contribution in [0.25, 0.3) is 10.9 Å². The Kier molecular flexibility index (Phi) is 8.20. The fraction of sp³-hybridized carbons (Fsp3) is 0.385. The van der Waals surface area contributed by atoms with Crippen LogP contribution in [0.15, 0.2) is 65.7 Å². The Morgan fingerprint density at radius 3 is 2.63 bits per heavy atom. The van der Waals surface area contributed by atoms with E-state index in [-0.39, 0.29) is 42.1 Å². The van der Waals surface area contributed by atoms with Gasteiger partial charge in [-0.05, 0) is 49.4 Å². The van der Waals surface area contributed by atoms with Gasteiger partial charge in [0.2, 0.25) is 21.8 Å². The van der Waals surface area contributed by atoms with Gasteiger partial charge in [0, 0.05) is 55.6 Å². The molecule has 1 aliphatic heterocycles. The van der Waals surface area contributed by atoms with Crippen molar-refractivity contribution in [2.45, 2.75) is 37.0 Å². The second-order valence-corrected chi connectivity index (χ2v) is 10.8. The van der Waals surface area contributed by atoms with E-state index in [0.29, 0.717) is 38.8 Å². The molecule has 35 heavy (non-hydrogen) atoms. The molecule has 1 aliphatic rings. The highest BCUT2D eigenvalue weighted by Gasteiger charge is 2.26. The van der Waals surface area contributed by atoms with Gasteiger partial charge in [-0.1, -0.05) is 36.4 Å². The largest absolute Gasteiger partial charge is 0.361 e. The first kappa shape index (κ1) is 24.9. The van der Waals surface area contributed by atoms with E-state index in [2.05, 4.69) is 21.7 Å². The monoisotopic (exact) mass is 496 g/mol. The standard InChI is InChI=1S/C26H32N4O4S/c31-25-14-18-30(35(33,34)22-8-2-1-3-9-22)17-6-7-20(12-15-27-25)26(32)28-16-13-21-19-29-24-11-5-4-10-23(21)24/h1-5,8-11,19-20,29H,6-7,12-18H2,(H,27,31)(H,28,32). The number of hydrogen-bond donors (Lipinski definition) is 3. The smallest absolute Gasteiger partial charge is 0.243 e. The van der Waals surface area contributed by atoms with Gasteiger partial charge in [-0.2, -0.15) is 4.31 Å². The normalized spacial score (nSPS) is 18.5. The summed E-state index contributed by atoms with van der Waals surface area (Å²) in [5, 5.41) is 7.02. The van der Waals surface area contributed by atoms with E-state index in [1.54, 1.807) is 30.3 Å². The maximum absolute atomic E-state index is 13.1. The minimum absolute atomic E-state index is 0.0594. The van der Waals surface area contributed by atoms with Gasteiger partial charge in [-0.3, -0.25) is 9.59 Å². The molecule has 1 unspecified atom stereocenters. The summed E-state index contributed by atoms with van der Waals surface area (Å²) in [6.07, 6.45) is 4.39. The van der Waals surface area contributed by atoms with Gasteiger partial charge in [-0.25, -0.2) is 8.42 Å². The van der Waals surface area contributed by atoms with Crippen LogP contribution in [0.1, 0.15) is 31.2 Å². The highest BCUT2D eigenvalue weighted by Crippen LogP contribution is 2.20. The highest BCUT2D eigenvalue weighted by molar-refractivity contribution is 7.89. The van der Waals surface area contributed by atoms with Gasteiger partial charge in [-0.15, -0.1) is 0 Å². The Bertz CT molecular complexity index is 1260. The number of amides is 2. The number of fused-ring (bicyclic) bond motifs is 1. The summed E-state index contributed by atoms with van der Waals surface area (Å²) >= 11 is 0. The molecule has 0 spiro atoms. The number of carbonyl (C=O) groups excluding carboxylic acids is 2. The van der Waals surface area contributed by atoms with E-state index in [0.717, 1.165) is 16.5 Å². The molecule has 8 nitrogen and oxygen atoms in total. The third-order valence-corrected chi connectivity index (χ3v) is 8.40. The second kappa shape index (κ2) is 11.5. The molecule has 1 atom stereocenters. The third-order valence-electron chi connectivity index (χ3n) is 6.48. The van der Waals surface area contributed by atoms with Crippen LogP contribution < -0.4 is 10.6 Å². The molecular formula is C26H32N4O4S. The van der Waals surface area contributed by atoms with Crippen LogP contribution in [0.5, 0.6) is 0 Å². The summed E-state index contributed by atoms with van der Waals surface area (Å²) in [7, 11) is -3.71. The van der Waals surface area contributed by atoms with E-state index in [4.69, 9.17) is 0 Å². The summed E-state index contributed by atoms with van der Waals surface area (Å²) < 4.78 is 27.6. The molecule has 1 aromatic heterocycles. The topological polar surface area (TPSA) is 111 Å². The average molecular weight is 497 g/mol. The maximum Gasteiger partial charge on any atom is 0.243 e. The predicted octanol–water partition coefficient (Wildman–Crippen LogP) is 2.82. The van der Waals surface area contributed by atoms with E-state index in [9.17, 15) is 18.0 Å². The minimum Gasteiger partial charge on any atom is -0.361 e. The van der Waals surface area contributed by atoms with E-state index >= 15 is 0 Å². The lowest BCUT2D eigenvalue weighted by atomic mass is 9.98. The van der Waals surface area contributed by atoms with Gasteiger partial charge in [0.1, 0.15) is 0 Å². The number of nitrogens with one attached hydrogen (secondary N) is 3. The first-order valence-electron chi connectivity index (χ1n) is 12.1. The first-order chi connectivity index (χ1) is 16.9. The summed E-state index contributed by atoms with van der Waals surface area (Å²) in [5.74, 6) is -0.563. The van der Waals surface area contributed by atoms with Crippen molar-refractivity contribution in [2.75, 3.05) is 26.2 Å². The van der Waals surface area contributed by atoms with Crippen LogP contribution in [-0.4, -0.2) is 55.7 Å². The summed E-state index contributed by atoms with van der Waals surface area (Å²) in [6.45, 7) is 1.29. The number of carbonyl (C=O) groups is 2. The molecule has 0 radical (unpaired) electrons. The molecule has 1 saturated heterocycles. The molecule has 2 amide bonds. The molecule has 186 valence electrons. The zero-order valence-electron chi connectivity index (χ0n) is 19.7. The van der Waals surface area contributed by atoms with Crippen LogP contribution in [-0.2, 0) is 26.0 Å². The number of nitrogens with zero attached hydrogens (tertiary/aromatic N) is 1. The molecule has 3 N–H and O–H groups in total. The second-order valence-electron chi connectivity index (χ2n) is 8.85. The van der Waals surface area contributed by atoms with Crippen molar-refractivity contribution in [3.8, 4) is 0 Å². The zero-order chi connectivity index (χ0) is 24.7. The van der Waals surface area contributed by atoms with Gasteiger partial charge >= 0.3 is 0 Å². The first-order valence-corrected chi connectivity index (χ1v) is 13.5. The number of para-hydroxylation sites is 1. The molecule has 2 aromatic carbocycles. The lowest BCUT2D eigenvalue weighted by Crippen LogP contribution is -2.35. The van der Waals surface area contributed by atoms with Gasteiger partial charge in [0.05, 0.1) is 4.90 Å². The zero-order valence-corrected chi connectivity index (χ0v) is 20.5. The number of aromatic amines is 1. The molecule has 0 bridgehead atoms. The summed E-state index contributed by atoms with van der Waals surface area (Å²) in [4.78, 5) is 28.7. The molecule has 0 saturated carbocycles. The Labute approximate surface area is 206 Å². The number of sulfonamides is 1. The molecular weight excluding hydrogens is 464 g/mol. The molecule has 3 aromatic rings. The van der Waals surface area contributed by atoms with Crippen molar-refractivity contribution in [1.82, 2.24) is 19.9 Å². The fourth-order valence-electron chi connectivity index (χ4n) is 4.52. The molecule has 0 aliphatic carbocycles. The van der Waals surface area contributed by atoms with Crippen molar-refractivity contribution in [3.63, 3.8) is 0 Å². The number of benzene rings is 2. The van der Waals surface area contributed by atoms with Gasteiger partial charge < -0.3 is 15.6 Å². The van der Waals surface area contributed by atoms with Gasteiger partial charge in [0.15, 0.2) is 0 Å². The number of H-pyrrole nitrogens is 1. The lowest BCUT2D eigenvalue weighted by molar-refractivity contribution is -0.126. The highest BCUT2D eigenvalue weighted by atomic mass is 32.2. The van der Waals surface area contributed by atoms with Crippen molar-refractivity contribution < 1.29 is 18.0 Å². The van der Waals surface area contributed by atoms with E-state index in [1.807, 2.05) is 24.4 Å². The number of hydrogen-bond acceptors (Lipinski definition) is 4. The van der Waals surface area contributed by atoms with Crippen molar-refractivity contribution in [2.24, 2.45) is 5.92 Å². The van der Waals surface area contributed by atoms with Crippen molar-refractivity contribution in [1.29, 1.82) is 0 Å². The van der Waals surface area contributed by atoms with Crippen LogP contribution in [0.4, 0.5) is 0 Å². The number of aromatic nitrogens is 1. The van der Waals surface area contributed by atoms with E-state index in [1.165, 1.54) is 4.31 Å². The van der Waals surface area contributed by atoms with Crippen LogP contribution >= 0.6 is 0 Å². The van der Waals surface area contributed by atoms with Crippen LogP contribution in [0.3, 0.4) is 0 Å². The van der Waals surface area contributed by atoms with E-state index < -0.39 is 10.0 Å². The summed E-state index contributed by atoms with van der Waals surface area (Å²) in [5.41, 5.74) is 2.22. The van der Waals surface area contributed by atoms with Crippen molar-refractivity contribution in [3.05, 3.63) is 66.4 Å². The lowest BCUT2D eigenvalue weighted by Gasteiger charge is -2.22. The maximum atomic E-state index is 13.1. The van der Waals surface area contributed by atoms with Crippen LogP contribution in [0, 0.1) is 5.92 Å². The predicted molar refractivity (Wildman–Crippen MR) is 135 cm³/mol. The summed E-state index contributed by atoms with van der Waals surface area (Å²) in [6, 6.07) is 16.3. The molecule has 1 fully saturated rings. The Balaban J connectivity index is 1.37. The Hall–Kier alpha value is -3.17. The Morgan fingerprint density at radius 1 is 1.03 bits per heavy atom. The third kappa shape index (κ3) is 6.29.